The number of benzene rings is 1. The van der Waals surface area contributed by atoms with E-state index >= 15 is 0 Å². The van der Waals surface area contributed by atoms with Gasteiger partial charge < -0.3 is 0 Å². The predicted octanol–water partition coefficient (Wildman–Crippen LogP) is 3.97. The Morgan fingerprint density at radius 2 is 2.24 bits per heavy atom. The van der Waals surface area contributed by atoms with Crippen molar-refractivity contribution >= 4 is 38.6 Å². The van der Waals surface area contributed by atoms with E-state index < -0.39 is 0 Å². The van der Waals surface area contributed by atoms with Crippen LogP contribution in [0.2, 0.25) is 0 Å². The van der Waals surface area contributed by atoms with E-state index in [1.807, 2.05) is 18.4 Å². The average Bonchev–Trinajstić information content (AvgIpc) is 2.68. The van der Waals surface area contributed by atoms with Crippen LogP contribution in [0.25, 0.3) is 0 Å². The van der Waals surface area contributed by atoms with E-state index in [4.69, 9.17) is 0 Å². The highest BCUT2D eigenvalue weighted by atomic mass is 79.9. The van der Waals surface area contributed by atoms with Crippen molar-refractivity contribution in [2.45, 2.75) is 13.8 Å². The summed E-state index contributed by atoms with van der Waals surface area (Å²) in [6.45, 7) is 4.02. The molecule has 17 heavy (non-hydrogen) atoms. The smallest absolute Gasteiger partial charge is 0.203 e. The van der Waals surface area contributed by atoms with Crippen molar-refractivity contribution in [1.29, 1.82) is 0 Å². The zero-order chi connectivity index (χ0) is 12.3. The maximum atomic E-state index is 4.26. The minimum Gasteiger partial charge on any atom is -0.253 e. The molecule has 1 N–H and O–H groups in total. The summed E-state index contributed by atoms with van der Waals surface area (Å²) in [6.07, 6.45) is 1.78. The lowest BCUT2D eigenvalue weighted by Gasteiger charge is -1.99. The zero-order valence-electron chi connectivity index (χ0n) is 9.57. The Bertz CT molecular complexity index is 548. The topological polar surface area (TPSA) is 37.3 Å². The quantitative estimate of drug-likeness (QED) is 0.688. The number of halogens is 1. The van der Waals surface area contributed by atoms with Gasteiger partial charge in [-0.3, -0.25) is 5.43 Å². The molecule has 0 aliphatic carbocycles. The third-order valence-corrected chi connectivity index (χ3v) is 3.69. The molecule has 2 aromatic rings. The van der Waals surface area contributed by atoms with Crippen LogP contribution in [0, 0.1) is 13.8 Å². The van der Waals surface area contributed by atoms with Crippen LogP contribution in [0.5, 0.6) is 0 Å². The van der Waals surface area contributed by atoms with Gasteiger partial charge in [0.05, 0.1) is 11.9 Å². The van der Waals surface area contributed by atoms with Gasteiger partial charge in [0, 0.05) is 15.4 Å². The molecule has 5 heteroatoms. The normalized spacial score (nSPS) is 11.0. The molecule has 0 unspecified atom stereocenters. The Hall–Kier alpha value is -1.20. The van der Waals surface area contributed by atoms with Gasteiger partial charge in [-0.05, 0) is 25.5 Å². The SMILES string of the molecule is Cc1ccc(C=NNc2nc(C)cs2)c(Br)c1. The largest absolute Gasteiger partial charge is 0.253 e. The van der Waals surface area contributed by atoms with E-state index in [0.29, 0.717) is 0 Å². The molecule has 1 aromatic heterocycles. The van der Waals surface area contributed by atoms with Crippen LogP contribution < -0.4 is 5.43 Å². The van der Waals surface area contributed by atoms with Crippen molar-refractivity contribution in [2.24, 2.45) is 5.10 Å². The molecule has 0 aliphatic heterocycles. The highest BCUT2D eigenvalue weighted by Gasteiger charge is 1.97. The second kappa shape index (κ2) is 5.42. The van der Waals surface area contributed by atoms with E-state index in [9.17, 15) is 0 Å². The summed E-state index contributed by atoms with van der Waals surface area (Å²) in [5.74, 6) is 0. The van der Waals surface area contributed by atoms with E-state index in [2.05, 4.69) is 50.5 Å². The first-order chi connectivity index (χ1) is 8.15. The average molecular weight is 310 g/mol. The molecule has 0 radical (unpaired) electrons. The number of aryl methyl sites for hydroxylation is 2. The first kappa shape index (κ1) is 12.3. The second-order valence-electron chi connectivity index (χ2n) is 3.69. The first-order valence-corrected chi connectivity index (χ1v) is 6.80. The number of hydrazone groups is 1. The van der Waals surface area contributed by atoms with Gasteiger partial charge in [-0.15, -0.1) is 11.3 Å². The van der Waals surface area contributed by atoms with Gasteiger partial charge in [0.25, 0.3) is 0 Å². The molecule has 0 aliphatic rings. The van der Waals surface area contributed by atoms with E-state index in [1.54, 1.807) is 17.6 Å². The van der Waals surface area contributed by atoms with Crippen LogP contribution in [-0.2, 0) is 0 Å². The summed E-state index contributed by atoms with van der Waals surface area (Å²) >= 11 is 5.05. The van der Waals surface area contributed by atoms with Crippen LogP contribution in [-0.4, -0.2) is 11.2 Å². The van der Waals surface area contributed by atoms with Crippen molar-refractivity contribution in [2.75, 3.05) is 5.43 Å². The number of nitrogens with zero attached hydrogens (tertiary/aromatic N) is 2. The zero-order valence-corrected chi connectivity index (χ0v) is 12.0. The Kier molecular flexibility index (Phi) is 3.91. The summed E-state index contributed by atoms with van der Waals surface area (Å²) < 4.78 is 1.04. The molecule has 0 spiro atoms. The van der Waals surface area contributed by atoms with Gasteiger partial charge in [0.1, 0.15) is 0 Å². The molecule has 88 valence electrons. The molecule has 0 fully saturated rings. The fourth-order valence-electron chi connectivity index (χ4n) is 1.30. The van der Waals surface area contributed by atoms with E-state index in [1.165, 1.54) is 5.56 Å². The van der Waals surface area contributed by atoms with Crippen molar-refractivity contribution in [3.63, 3.8) is 0 Å². The number of aromatic nitrogens is 1. The molecule has 0 bridgehead atoms. The van der Waals surface area contributed by atoms with Crippen LogP contribution >= 0.6 is 27.3 Å². The van der Waals surface area contributed by atoms with Crippen LogP contribution in [0.4, 0.5) is 5.13 Å². The van der Waals surface area contributed by atoms with E-state index in [0.717, 1.165) is 20.9 Å². The Balaban J connectivity index is 2.05. The number of thiazole rings is 1. The van der Waals surface area contributed by atoms with Crippen molar-refractivity contribution in [1.82, 2.24) is 4.98 Å². The van der Waals surface area contributed by atoms with Gasteiger partial charge in [0.2, 0.25) is 5.13 Å². The lowest BCUT2D eigenvalue weighted by Crippen LogP contribution is -1.91. The highest BCUT2D eigenvalue weighted by Crippen LogP contribution is 2.17. The maximum absolute atomic E-state index is 4.26. The molecule has 0 amide bonds. The molecule has 0 saturated carbocycles. The van der Waals surface area contributed by atoms with Gasteiger partial charge in [-0.2, -0.15) is 5.10 Å². The number of rotatable bonds is 3. The summed E-state index contributed by atoms with van der Waals surface area (Å²) in [4.78, 5) is 4.26. The number of hydrogen-bond donors (Lipinski definition) is 1. The van der Waals surface area contributed by atoms with Crippen molar-refractivity contribution in [3.05, 3.63) is 44.9 Å². The summed E-state index contributed by atoms with van der Waals surface area (Å²) in [6, 6.07) is 6.15. The van der Waals surface area contributed by atoms with Gasteiger partial charge >= 0.3 is 0 Å². The molecule has 2 rings (SSSR count). The summed E-state index contributed by atoms with van der Waals surface area (Å²) in [5.41, 5.74) is 6.17. The fraction of sp³-hybridized carbons (Fsp3) is 0.167. The van der Waals surface area contributed by atoms with Gasteiger partial charge in [0.15, 0.2) is 0 Å². The fourth-order valence-corrected chi connectivity index (χ4v) is 2.53. The predicted molar refractivity (Wildman–Crippen MR) is 76.9 cm³/mol. The summed E-state index contributed by atoms with van der Waals surface area (Å²) in [7, 11) is 0. The highest BCUT2D eigenvalue weighted by molar-refractivity contribution is 9.10. The molecule has 1 aromatic carbocycles. The molecular weight excluding hydrogens is 298 g/mol. The minimum atomic E-state index is 0.807. The molecule has 0 saturated heterocycles. The summed E-state index contributed by atoms with van der Waals surface area (Å²) in [5, 5.41) is 6.95. The second-order valence-corrected chi connectivity index (χ2v) is 5.40. The monoisotopic (exact) mass is 309 g/mol. The lowest BCUT2D eigenvalue weighted by atomic mass is 10.2. The van der Waals surface area contributed by atoms with Crippen LogP contribution in [0.1, 0.15) is 16.8 Å². The maximum Gasteiger partial charge on any atom is 0.203 e. The molecular formula is C12H12BrN3S. The molecule has 3 nitrogen and oxygen atoms in total. The van der Waals surface area contributed by atoms with Crippen molar-refractivity contribution in [3.8, 4) is 0 Å². The van der Waals surface area contributed by atoms with Crippen molar-refractivity contribution < 1.29 is 0 Å². The Morgan fingerprint density at radius 1 is 1.41 bits per heavy atom. The standard InChI is InChI=1S/C12H12BrN3S/c1-8-3-4-10(11(13)5-8)6-14-16-12-15-9(2)7-17-12/h3-7H,1-2H3,(H,15,16). The third-order valence-electron chi connectivity index (χ3n) is 2.14. The molecule has 1 heterocycles. The minimum absolute atomic E-state index is 0.807. The van der Waals surface area contributed by atoms with Crippen LogP contribution in [0.15, 0.2) is 33.2 Å². The van der Waals surface area contributed by atoms with E-state index in [-0.39, 0.29) is 0 Å². The first-order valence-electron chi connectivity index (χ1n) is 5.12. The Labute approximate surface area is 113 Å². The Morgan fingerprint density at radius 3 is 2.88 bits per heavy atom. The third kappa shape index (κ3) is 3.38. The molecule has 0 atom stereocenters. The number of hydrogen-bond acceptors (Lipinski definition) is 4. The number of anilines is 1. The van der Waals surface area contributed by atoms with Gasteiger partial charge in [-0.1, -0.05) is 28.1 Å². The van der Waals surface area contributed by atoms with Crippen LogP contribution in [0.3, 0.4) is 0 Å². The number of nitrogens with one attached hydrogen (secondary N) is 1. The van der Waals surface area contributed by atoms with Gasteiger partial charge in [-0.25, -0.2) is 4.98 Å². The lowest BCUT2D eigenvalue weighted by molar-refractivity contribution is 1.22.